The van der Waals surface area contributed by atoms with E-state index < -0.39 is 15.4 Å². The van der Waals surface area contributed by atoms with Crippen LogP contribution in [-0.4, -0.2) is 44.9 Å². The molecule has 1 unspecified atom stereocenters. The molecule has 0 aromatic heterocycles. The fraction of sp³-hybridized carbons (Fsp3) is 1.00. The highest BCUT2D eigenvalue weighted by atomic mass is 32.2. The Morgan fingerprint density at radius 3 is 2.43 bits per heavy atom. The van der Waals surface area contributed by atoms with Crippen molar-refractivity contribution in [3.8, 4) is 0 Å². The van der Waals surface area contributed by atoms with Gasteiger partial charge in [-0.15, -0.1) is 0 Å². The van der Waals surface area contributed by atoms with Gasteiger partial charge in [0, 0.05) is 13.4 Å². The van der Waals surface area contributed by atoms with Gasteiger partial charge in [0.25, 0.3) is 0 Å². The van der Waals surface area contributed by atoms with E-state index in [0.717, 1.165) is 12.8 Å². The Kier molecular flexibility index (Phi) is 3.55. The van der Waals surface area contributed by atoms with Gasteiger partial charge in [-0.1, -0.05) is 0 Å². The molecular formula is C9H18O4S. The van der Waals surface area contributed by atoms with E-state index in [9.17, 15) is 13.5 Å². The van der Waals surface area contributed by atoms with Crippen LogP contribution in [0.25, 0.3) is 0 Å². The average molecular weight is 222 g/mol. The molecule has 1 N–H and O–H groups in total. The predicted molar refractivity (Wildman–Crippen MR) is 53.9 cm³/mol. The molecule has 0 amide bonds. The van der Waals surface area contributed by atoms with E-state index in [0.29, 0.717) is 0 Å². The van der Waals surface area contributed by atoms with E-state index in [1.807, 2.05) is 0 Å². The van der Waals surface area contributed by atoms with Crippen molar-refractivity contribution in [2.24, 2.45) is 5.92 Å². The molecule has 0 aromatic rings. The fourth-order valence-electron chi connectivity index (χ4n) is 1.63. The third-order valence-electron chi connectivity index (χ3n) is 2.64. The van der Waals surface area contributed by atoms with E-state index in [4.69, 9.17) is 4.74 Å². The van der Waals surface area contributed by atoms with Crippen LogP contribution in [0.2, 0.25) is 0 Å². The molecule has 0 heterocycles. The van der Waals surface area contributed by atoms with Crippen molar-refractivity contribution < 1.29 is 18.3 Å². The Balaban J connectivity index is 2.51. The molecule has 1 aliphatic rings. The molecule has 1 fully saturated rings. The zero-order valence-corrected chi connectivity index (χ0v) is 9.51. The summed E-state index contributed by atoms with van der Waals surface area (Å²) < 4.78 is 26.9. The minimum Gasteiger partial charge on any atom is -0.387 e. The number of hydrogen-bond acceptors (Lipinski definition) is 4. The first-order chi connectivity index (χ1) is 6.37. The first kappa shape index (κ1) is 11.9. The van der Waals surface area contributed by atoms with Crippen LogP contribution in [-0.2, 0) is 14.6 Å². The minimum atomic E-state index is -3.00. The third kappa shape index (κ3) is 3.55. The number of hydrogen-bond donors (Lipinski definition) is 1. The Morgan fingerprint density at radius 2 is 2.07 bits per heavy atom. The quantitative estimate of drug-likeness (QED) is 0.697. The molecule has 5 heteroatoms. The van der Waals surface area contributed by atoms with E-state index >= 15 is 0 Å². The van der Waals surface area contributed by atoms with Crippen molar-refractivity contribution in [2.45, 2.75) is 24.9 Å². The summed E-state index contributed by atoms with van der Waals surface area (Å²) in [5, 5.41) is 10.1. The van der Waals surface area contributed by atoms with Gasteiger partial charge in [-0.25, -0.2) is 8.42 Å². The molecule has 0 spiro atoms. The number of ether oxygens (including phenoxy) is 1. The maximum absolute atomic E-state index is 11.0. The first-order valence-electron chi connectivity index (χ1n) is 4.76. The standard InChI is InChI=1S/C9H18O4S/c1-13-7-9(10,8-3-4-8)5-6-14(2,11)12/h8,10H,3-7H2,1-2H3. The van der Waals surface area contributed by atoms with Gasteiger partial charge in [-0.05, 0) is 25.2 Å². The van der Waals surface area contributed by atoms with Crippen LogP contribution in [0.4, 0.5) is 0 Å². The molecule has 0 radical (unpaired) electrons. The minimum absolute atomic E-state index is 0.0311. The van der Waals surface area contributed by atoms with Crippen LogP contribution in [0.5, 0.6) is 0 Å². The monoisotopic (exact) mass is 222 g/mol. The van der Waals surface area contributed by atoms with E-state index in [2.05, 4.69) is 0 Å². The summed E-state index contributed by atoms with van der Waals surface area (Å²) in [6.07, 6.45) is 3.42. The number of sulfone groups is 1. The van der Waals surface area contributed by atoms with Gasteiger partial charge in [0.05, 0.1) is 18.0 Å². The highest BCUT2D eigenvalue weighted by molar-refractivity contribution is 7.90. The molecule has 4 nitrogen and oxygen atoms in total. The normalized spacial score (nSPS) is 21.9. The molecule has 84 valence electrons. The lowest BCUT2D eigenvalue weighted by Crippen LogP contribution is -2.38. The molecule has 0 saturated heterocycles. The van der Waals surface area contributed by atoms with Gasteiger partial charge in [-0.3, -0.25) is 0 Å². The molecule has 0 aliphatic heterocycles. The van der Waals surface area contributed by atoms with E-state index in [1.54, 1.807) is 0 Å². The van der Waals surface area contributed by atoms with Gasteiger partial charge in [0.15, 0.2) is 0 Å². The van der Waals surface area contributed by atoms with Crippen LogP contribution in [0, 0.1) is 5.92 Å². The van der Waals surface area contributed by atoms with Crippen molar-refractivity contribution >= 4 is 9.84 Å². The SMILES string of the molecule is COCC(O)(CCS(C)(=O)=O)C1CC1. The topological polar surface area (TPSA) is 63.6 Å². The van der Waals surface area contributed by atoms with Gasteiger partial charge in [0.1, 0.15) is 9.84 Å². The van der Waals surface area contributed by atoms with Crippen molar-refractivity contribution in [3.63, 3.8) is 0 Å². The van der Waals surface area contributed by atoms with Crippen molar-refractivity contribution in [1.29, 1.82) is 0 Å². The lowest BCUT2D eigenvalue weighted by atomic mass is 9.96. The molecule has 0 bridgehead atoms. The Bertz CT molecular complexity index is 281. The smallest absolute Gasteiger partial charge is 0.147 e. The van der Waals surface area contributed by atoms with E-state index in [-0.39, 0.29) is 24.7 Å². The molecular weight excluding hydrogens is 204 g/mol. The van der Waals surface area contributed by atoms with Crippen molar-refractivity contribution in [3.05, 3.63) is 0 Å². The average Bonchev–Trinajstić information content (AvgIpc) is 2.82. The Labute approximate surface area is 85.2 Å². The van der Waals surface area contributed by atoms with Crippen LogP contribution in [0.3, 0.4) is 0 Å². The number of rotatable bonds is 6. The summed E-state index contributed by atoms with van der Waals surface area (Å²) in [5.41, 5.74) is -0.933. The number of aliphatic hydroxyl groups is 1. The molecule has 1 atom stereocenters. The van der Waals surface area contributed by atoms with Crippen molar-refractivity contribution in [2.75, 3.05) is 25.7 Å². The van der Waals surface area contributed by atoms with Crippen LogP contribution < -0.4 is 0 Å². The summed E-state index contributed by atoms with van der Waals surface area (Å²) in [6.45, 7) is 0.229. The Hall–Kier alpha value is -0.130. The summed E-state index contributed by atoms with van der Waals surface area (Å²) >= 11 is 0. The second kappa shape index (κ2) is 4.16. The third-order valence-corrected chi connectivity index (χ3v) is 3.58. The molecule has 1 aliphatic carbocycles. The number of methoxy groups -OCH3 is 1. The van der Waals surface area contributed by atoms with Crippen molar-refractivity contribution in [1.82, 2.24) is 0 Å². The summed E-state index contributed by atoms with van der Waals surface area (Å²) in [4.78, 5) is 0. The molecule has 1 rings (SSSR count). The molecule has 14 heavy (non-hydrogen) atoms. The van der Waals surface area contributed by atoms with Gasteiger partial charge < -0.3 is 9.84 Å². The summed E-state index contributed by atoms with van der Waals surface area (Å²) in [5.74, 6) is 0.257. The lowest BCUT2D eigenvalue weighted by Gasteiger charge is -2.26. The molecule has 1 saturated carbocycles. The lowest BCUT2D eigenvalue weighted by molar-refractivity contribution is -0.0498. The summed E-state index contributed by atoms with van der Waals surface area (Å²) in [6, 6.07) is 0. The van der Waals surface area contributed by atoms with Crippen LogP contribution >= 0.6 is 0 Å². The molecule has 0 aromatic carbocycles. The summed E-state index contributed by atoms with van der Waals surface area (Å²) in [7, 11) is -1.48. The largest absolute Gasteiger partial charge is 0.387 e. The zero-order chi connectivity index (χ0) is 10.8. The van der Waals surface area contributed by atoms with Gasteiger partial charge >= 0.3 is 0 Å². The first-order valence-corrected chi connectivity index (χ1v) is 6.82. The van der Waals surface area contributed by atoms with Crippen LogP contribution in [0.1, 0.15) is 19.3 Å². The maximum Gasteiger partial charge on any atom is 0.147 e. The predicted octanol–water partition coefficient (Wildman–Crippen LogP) is 0.209. The zero-order valence-electron chi connectivity index (χ0n) is 8.69. The maximum atomic E-state index is 11.0. The van der Waals surface area contributed by atoms with Gasteiger partial charge in [0.2, 0.25) is 0 Å². The Morgan fingerprint density at radius 1 is 1.50 bits per heavy atom. The van der Waals surface area contributed by atoms with Gasteiger partial charge in [-0.2, -0.15) is 0 Å². The fourth-order valence-corrected chi connectivity index (χ4v) is 2.35. The van der Waals surface area contributed by atoms with E-state index in [1.165, 1.54) is 13.4 Å². The van der Waals surface area contributed by atoms with Crippen LogP contribution in [0.15, 0.2) is 0 Å². The second-order valence-electron chi connectivity index (χ2n) is 4.19. The highest BCUT2D eigenvalue weighted by Gasteiger charge is 2.43. The highest BCUT2D eigenvalue weighted by Crippen LogP contribution is 2.41. The second-order valence-corrected chi connectivity index (χ2v) is 6.45.